The van der Waals surface area contributed by atoms with Crippen molar-refractivity contribution in [3.63, 3.8) is 0 Å². The van der Waals surface area contributed by atoms with E-state index in [4.69, 9.17) is 21.1 Å². The van der Waals surface area contributed by atoms with Crippen LogP contribution in [-0.2, 0) is 23.9 Å². The normalized spacial score (nSPS) is 10.6. The van der Waals surface area contributed by atoms with Gasteiger partial charge in [-0.2, -0.15) is 0 Å². The predicted octanol–water partition coefficient (Wildman–Crippen LogP) is 5.51. The molecule has 0 aromatic heterocycles. The average Bonchev–Trinajstić information content (AvgIpc) is 2.82. The van der Waals surface area contributed by atoms with Crippen LogP contribution in [0.2, 0.25) is 5.02 Å². The first kappa shape index (κ1) is 28.3. The smallest absolute Gasteiger partial charge is 0.338 e. The molecule has 0 aliphatic carbocycles. The van der Waals surface area contributed by atoms with Crippen LogP contribution in [0.25, 0.3) is 0 Å². The second kappa shape index (κ2) is 13.8. The Morgan fingerprint density at radius 2 is 1.63 bits per heavy atom. The fraction of sp³-hybridized carbons (Fsp3) is 0.360. The molecule has 2 N–H and O–H groups in total. The number of carbonyl (C=O) groups is 4. The molecular weight excluding hydrogens is 540 g/mol. The van der Waals surface area contributed by atoms with Crippen LogP contribution in [0, 0.1) is 12.8 Å². The zero-order valence-electron chi connectivity index (χ0n) is 19.8. The highest BCUT2D eigenvalue weighted by Crippen LogP contribution is 2.30. The summed E-state index contributed by atoms with van der Waals surface area (Å²) in [5.74, 6) is -1.53. The lowest BCUT2D eigenvalue weighted by Gasteiger charge is -2.11. The van der Waals surface area contributed by atoms with Crippen molar-refractivity contribution >= 4 is 62.7 Å². The Kier molecular flexibility index (Phi) is 11.2. The zero-order chi connectivity index (χ0) is 26.0. The molecule has 0 atom stereocenters. The minimum Gasteiger partial charge on any atom is -0.462 e. The molecular formula is C25H28BrClN2O6. The molecule has 35 heavy (non-hydrogen) atoms. The van der Waals surface area contributed by atoms with Gasteiger partial charge in [0.25, 0.3) is 5.91 Å². The maximum absolute atomic E-state index is 12.1. The molecule has 10 heteroatoms. The molecule has 2 rings (SSSR count). The van der Waals surface area contributed by atoms with Gasteiger partial charge in [0, 0.05) is 28.7 Å². The molecule has 0 radical (unpaired) electrons. The first-order valence-corrected chi connectivity index (χ1v) is 12.2. The molecule has 0 unspecified atom stereocenters. The number of rotatable bonds is 11. The average molecular weight is 568 g/mol. The van der Waals surface area contributed by atoms with Crippen molar-refractivity contribution in [2.75, 3.05) is 23.8 Å². The van der Waals surface area contributed by atoms with Crippen LogP contribution < -0.4 is 10.6 Å². The number of esters is 2. The van der Waals surface area contributed by atoms with Gasteiger partial charge in [-0.15, -0.1) is 0 Å². The van der Waals surface area contributed by atoms with Gasteiger partial charge in [0.1, 0.15) is 0 Å². The Labute approximate surface area is 217 Å². The minimum absolute atomic E-state index is 0.00945. The molecule has 0 bridgehead atoms. The third kappa shape index (κ3) is 9.70. The summed E-state index contributed by atoms with van der Waals surface area (Å²) in [6, 6.07) is 9.76. The van der Waals surface area contributed by atoms with E-state index in [1.54, 1.807) is 43.3 Å². The molecule has 0 fully saturated rings. The second-order valence-electron chi connectivity index (χ2n) is 8.21. The molecule has 0 spiro atoms. The molecule has 8 nitrogen and oxygen atoms in total. The third-order valence-electron chi connectivity index (χ3n) is 4.71. The number of carbonyl (C=O) groups excluding carboxylic acids is 4. The number of hydrogen-bond donors (Lipinski definition) is 2. The standard InChI is InChI=1S/C25H28BrClN2O6/c1-15(2)13-35-25(33)17-7-9-18(10-8-17)28-21(30)5-4-6-23(32)34-14-22(31)29-20-12-11-19(26)24(27)16(20)3/h7-12,15H,4-6,13-14H2,1-3H3,(H,28,30)(H,29,31). The van der Waals surface area contributed by atoms with E-state index in [0.29, 0.717) is 38.6 Å². The van der Waals surface area contributed by atoms with E-state index < -0.39 is 24.5 Å². The van der Waals surface area contributed by atoms with E-state index in [1.807, 2.05) is 13.8 Å². The number of hydrogen-bond acceptors (Lipinski definition) is 6. The topological polar surface area (TPSA) is 111 Å². The summed E-state index contributed by atoms with van der Waals surface area (Å²) in [6.07, 6.45) is 0.341. The highest BCUT2D eigenvalue weighted by Gasteiger charge is 2.13. The summed E-state index contributed by atoms with van der Waals surface area (Å²) in [5.41, 5.74) is 2.13. The van der Waals surface area contributed by atoms with Crippen molar-refractivity contribution in [3.8, 4) is 0 Å². The van der Waals surface area contributed by atoms with Gasteiger partial charge >= 0.3 is 11.9 Å². The quantitative estimate of drug-likeness (QED) is 0.346. The maximum atomic E-state index is 12.1. The second-order valence-corrected chi connectivity index (χ2v) is 9.45. The molecule has 0 saturated heterocycles. The zero-order valence-corrected chi connectivity index (χ0v) is 22.1. The van der Waals surface area contributed by atoms with E-state index in [9.17, 15) is 19.2 Å². The van der Waals surface area contributed by atoms with Gasteiger partial charge in [0.2, 0.25) is 5.91 Å². The van der Waals surface area contributed by atoms with E-state index in [1.165, 1.54) is 0 Å². The van der Waals surface area contributed by atoms with Crippen molar-refractivity contribution < 1.29 is 28.7 Å². The highest BCUT2D eigenvalue weighted by atomic mass is 79.9. The van der Waals surface area contributed by atoms with Gasteiger partial charge in [0.15, 0.2) is 6.61 Å². The van der Waals surface area contributed by atoms with Gasteiger partial charge in [-0.1, -0.05) is 25.4 Å². The van der Waals surface area contributed by atoms with Gasteiger partial charge < -0.3 is 20.1 Å². The summed E-state index contributed by atoms with van der Waals surface area (Å²) in [4.78, 5) is 48.0. The van der Waals surface area contributed by atoms with Crippen LogP contribution in [0.5, 0.6) is 0 Å². The third-order valence-corrected chi connectivity index (χ3v) is 6.09. The summed E-state index contributed by atoms with van der Waals surface area (Å²) < 4.78 is 10.8. The van der Waals surface area contributed by atoms with Crippen LogP contribution >= 0.6 is 27.5 Å². The lowest BCUT2D eigenvalue weighted by molar-refractivity contribution is -0.147. The lowest BCUT2D eigenvalue weighted by atomic mass is 10.2. The number of anilines is 2. The van der Waals surface area contributed by atoms with E-state index in [-0.39, 0.29) is 31.1 Å². The predicted molar refractivity (Wildman–Crippen MR) is 138 cm³/mol. The fourth-order valence-corrected chi connectivity index (χ4v) is 3.42. The molecule has 0 saturated carbocycles. The van der Waals surface area contributed by atoms with Crippen LogP contribution in [0.15, 0.2) is 40.9 Å². The van der Waals surface area contributed by atoms with Gasteiger partial charge in [0.05, 0.1) is 17.2 Å². The Morgan fingerprint density at radius 1 is 0.943 bits per heavy atom. The van der Waals surface area contributed by atoms with Crippen LogP contribution in [0.4, 0.5) is 11.4 Å². The fourth-order valence-electron chi connectivity index (χ4n) is 2.82. The Balaban J connectivity index is 1.68. The van der Waals surface area contributed by atoms with Crippen molar-refractivity contribution in [2.24, 2.45) is 5.92 Å². The molecule has 0 aliphatic heterocycles. The first-order chi connectivity index (χ1) is 16.6. The summed E-state index contributed by atoms with van der Waals surface area (Å²) >= 11 is 9.44. The first-order valence-electron chi connectivity index (χ1n) is 11.0. The molecule has 2 amide bonds. The van der Waals surface area contributed by atoms with E-state index >= 15 is 0 Å². The van der Waals surface area contributed by atoms with Crippen LogP contribution in [0.3, 0.4) is 0 Å². The van der Waals surface area contributed by atoms with Crippen LogP contribution in [0.1, 0.15) is 49.0 Å². The number of amides is 2. The molecule has 188 valence electrons. The largest absolute Gasteiger partial charge is 0.462 e. The SMILES string of the molecule is Cc1c(NC(=O)COC(=O)CCCC(=O)Nc2ccc(C(=O)OCC(C)C)cc2)ccc(Br)c1Cl. The number of nitrogens with one attached hydrogen (secondary N) is 2. The Bertz CT molecular complexity index is 1070. The van der Waals surface area contributed by atoms with Crippen molar-refractivity contribution in [1.29, 1.82) is 0 Å². The summed E-state index contributed by atoms with van der Waals surface area (Å²) in [5, 5.41) is 5.83. The minimum atomic E-state index is -0.581. The van der Waals surface area contributed by atoms with Crippen LogP contribution in [-0.4, -0.2) is 37.0 Å². The van der Waals surface area contributed by atoms with Crippen molar-refractivity contribution in [3.05, 3.63) is 57.0 Å². The van der Waals surface area contributed by atoms with Gasteiger partial charge in [-0.25, -0.2) is 4.79 Å². The summed E-state index contributed by atoms with van der Waals surface area (Å²) in [7, 11) is 0. The number of benzene rings is 2. The maximum Gasteiger partial charge on any atom is 0.338 e. The highest BCUT2D eigenvalue weighted by molar-refractivity contribution is 9.10. The van der Waals surface area contributed by atoms with Gasteiger partial charge in [-0.05, 0) is 77.2 Å². The number of ether oxygens (including phenoxy) is 2. The summed E-state index contributed by atoms with van der Waals surface area (Å²) in [6.45, 7) is 5.56. The van der Waals surface area contributed by atoms with E-state index in [0.717, 1.165) is 0 Å². The monoisotopic (exact) mass is 566 g/mol. The van der Waals surface area contributed by atoms with Crippen molar-refractivity contribution in [1.82, 2.24) is 0 Å². The Hall–Kier alpha value is -2.91. The lowest BCUT2D eigenvalue weighted by Crippen LogP contribution is -2.21. The van der Waals surface area contributed by atoms with Crippen molar-refractivity contribution in [2.45, 2.75) is 40.0 Å². The molecule has 2 aromatic carbocycles. The van der Waals surface area contributed by atoms with E-state index in [2.05, 4.69) is 26.6 Å². The Morgan fingerprint density at radius 3 is 2.29 bits per heavy atom. The number of halogens is 2. The van der Waals surface area contributed by atoms with Gasteiger partial charge in [-0.3, -0.25) is 14.4 Å². The molecule has 0 aliphatic rings. The molecule has 0 heterocycles. The molecule has 2 aromatic rings.